The number of carbonyl (C=O) groups excluding carboxylic acids is 3. The van der Waals surface area contributed by atoms with Gasteiger partial charge in [-0.2, -0.15) is 28.1 Å². The van der Waals surface area contributed by atoms with Crippen LogP contribution >= 0.6 is 11.6 Å². The van der Waals surface area contributed by atoms with Gasteiger partial charge in [-0.1, -0.05) is 23.7 Å². The Bertz CT molecular complexity index is 1550. The van der Waals surface area contributed by atoms with Crippen LogP contribution in [-0.4, -0.2) is 69.1 Å². The van der Waals surface area contributed by atoms with Crippen molar-refractivity contribution in [2.45, 2.75) is 30.6 Å². The van der Waals surface area contributed by atoms with Gasteiger partial charge in [-0.3, -0.25) is 14.4 Å². The highest BCUT2D eigenvalue weighted by Crippen LogP contribution is 2.48. The maximum atomic E-state index is 12.8. The third-order valence-corrected chi connectivity index (χ3v) is 6.43. The van der Waals surface area contributed by atoms with Gasteiger partial charge in [0.15, 0.2) is 6.61 Å². The molecule has 0 saturated heterocycles. The molecule has 0 radical (unpaired) electrons. The number of aromatic nitrogens is 3. The number of hydrogen-bond acceptors (Lipinski definition) is 10. The van der Waals surface area contributed by atoms with Crippen molar-refractivity contribution in [2.75, 3.05) is 23.8 Å². The van der Waals surface area contributed by atoms with Crippen LogP contribution in [0.1, 0.15) is 28.8 Å². The van der Waals surface area contributed by atoms with E-state index in [4.69, 9.17) is 22.1 Å². The standard InChI is InChI=1S/C26H24ClF3N8O6/c27-15-5-3-14(4-6-15)25(9-10-25)38-23-35-22(36-24(37-23)44-12-26(28,29)30)33-16-7-1-13(2-8-16)19(40)34-17(21(42)43)11-32-20(41)18(31)39/h1-8,17H,9-12H2,(H2,31,39)(H,32,41)(H,34,40)(H,42,43)(H2,33,35,36,37,38). The fraction of sp³-hybridized carbons (Fsp3) is 0.269. The van der Waals surface area contributed by atoms with Gasteiger partial charge < -0.3 is 36.8 Å². The van der Waals surface area contributed by atoms with Crippen molar-refractivity contribution in [2.24, 2.45) is 5.73 Å². The van der Waals surface area contributed by atoms with E-state index in [1.807, 2.05) is 17.4 Å². The minimum absolute atomic E-state index is 0.0221. The third-order valence-electron chi connectivity index (χ3n) is 6.17. The number of ether oxygens (including phenoxy) is 1. The zero-order valence-corrected chi connectivity index (χ0v) is 23.2. The number of nitrogens with one attached hydrogen (secondary N) is 4. The molecule has 1 aliphatic rings. The summed E-state index contributed by atoms with van der Waals surface area (Å²) in [5, 5.41) is 20.0. The average molecular weight is 637 g/mol. The smallest absolute Gasteiger partial charge is 0.422 e. The Hall–Kier alpha value is -5.19. The first kappa shape index (κ1) is 31.7. The van der Waals surface area contributed by atoms with E-state index in [0.717, 1.165) is 5.56 Å². The van der Waals surface area contributed by atoms with Gasteiger partial charge >= 0.3 is 30.0 Å². The molecule has 232 valence electrons. The van der Waals surface area contributed by atoms with Gasteiger partial charge in [-0.15, -0.1) is 0 Å². The molecule has 2 aromatic carbocycles. The fourth-order valence-electron chi connectivity index (χ4n) is 3.83. The average Bonchev–Trinajstić information content (AvgIpc) is 3.74. The number of primary amides is 1. The summed E-state index contributed by atoms with van der Waals surface area (Å²) in [5.41, 5.74) is 5.45. The Labute approximate surface area is 251 Å². The lowest BCUT2D eigenvalue weighted by molar-refractivity contribution is -0.154. The maximum Gasteiger partial charge on any atom is 0.422 e. The highest BCUT2D eigenvalue weighted by molar-refractivity contribution is 6.34. The number of hydrogen-bond donors (Lipinski definition) is 6. The normalized spacial score (nSPS) is 14.1. The first-order valence-corrected chi connectivity index (χ1v) is 13.1. The van der Waals surface area contributed by atoms with Crippen molar-refractivity contribution >= 4 is 52.9 Å². The van der Waals surface area contributed by atoms with E-state index < -0.39 is 60.6 Å². The van der Waals surface area contributed by atoms with E-state index in [2.05, 4.69) is 30.9 Å². The number of nitrogens with zero attached hydrogens (tertiary/aromatic N) is 3. The Morgan fingerprint density at radius 3 is 2.20 bits per heavy atom. The van der Waals surface area contributed by atoms with Crippen molar-refractivity contribution in [3.8, 4) is 6.01 Å². The molecule has 1 saturated carbocycles. The second kappa shape index (κ2) is 13.0. The van der Waals surface area contributed by atoms with E-state index >= 15 is 0 Å². The molecule has 0 bridgehead atoms. The van der Waals surface area contributed by atoms with Crippen molar-refractivity contribution in [1.82, 2.24) is 25.6 Å². The summed E-state index contributed by atoms with van der Waals surface area (Å²) >= 11 is 5.98. The molecule has 7 N–H and O–H groups in total. The number of halogens is 4. The Morgan fingerprint density at radius 1 is 1.00 bits per heavy atom. The van der Waals surface area contributed by atoms with Crippen LogP contribution < -0.4 is 31.7 Å². The first-order valence-electron chi connectivity index (χ1n) is 12.7. The van der Waals surface area contributed by atoms with Crippen LogP contribution in [0.25, 0.3) is 0 Å². The molecular formula is C26H24ClF3N8O6. The zero-order valence-electron chi connectivity index (χ0n) is 22.4. The Morgan fingerprint density at radius 2 is 1.64 bits per heavy atom. The SMILES string of the molecule is NC(=O)C(=O)NCC(NC(=O)c1ccc(Nc2nc(NC3(c4ccc(Cl)cc4)CC3)nc(OCC(F)(F)F)n2)cc1)C(=O)O. The molecule has 1 heterocycles. The summed E-state index contributed by atoms with van der Waals surface area (Å²) in [6, 6.07) is 10.3. The molecule has 1 aromatic heterocycles. The van der Waals surface area contributed by atoms with Crippen molar-refractivity contribution < 1.29 is 42.2 Å². The molecule has 1 aliphatic carbocycles. The summed E-state index contributed by atoms with van der Waals surface area (Å²) in [4.78, 5) is 58.3. The van der Waals surface area contributed by atoms with Gasteiger partial charge in [-0.25, -0.2) is 4.79 Å². The predicted molar refractivity (Wildman–Crippen MR) is 148 cm³/mol. The van der Waals surface area contributed by atoms with E-state index in [9.17, 15) is 37.5 Å². The molecular weight excluding hydrogens is 613 g/mol. The number of amides is 3. The van der Waals surface area contributed by atoms with Gasteiger partial charge in [-0.05, 0) is 54.8 Å². The van der Waals surface area contributed by atoms with Gasteiger partial charge in [0, 0.05) is 22.8 Å². The topological polar surface area (TPSA) is 211 Å². The lowest BCUT2D eigenvalue weighted by Gasteiger charge is -2.19. The molecule has 18 heteroatoms. The van der Waals surface area contributed by atoms with Crippen LogP contribution in [0, 0.1) is 0 Å². The first-order chi connectivity index (χ1) is 20.7. The Balaban J connectivity index is 1.48. The minimum Gasteiger partial charge on any atom is -0.480 e. The van der Waals surface area contributed by atoms with Crippen LogP contribution in [0.2, 0.25) is 5.02 Å². The third kappa shape index (κ3) is 8.66. The summed E-state index contributed by atoms with van der Waals surface area (Å²) in [7, 11) is 0. The maximum absolute atomic E-state index is 12.8. The number of carboxylic acids is 1. The molecule has 0 spiro atoms. The molecule has 3 aromatic rings. The quantitative estimate of drug-likeness (QED) is 0.158. The number of carbonyl (C=O) groups is 4. The van der Waals surface area contributed by atoms with E-state index in [-0.39, 0.29) is 17.5 Å². The van der Waals surface area contributed by atoms with Crippen LogP contribution in [0.4, 0.5) is 30.8 Å². The number of anilines is 3. The van der Waals surface area contributed by atoms with Crippen LogP contribution in [0.5, 0.6) is 6.01 Å². The predicted octanol–water partition coefficient (Wildman–Crippen LogP) is 2.10. The monoisotopic (exact) mass is 636 g/mol. The van der Waals surface area contributed by atoms with Crippen LogP contribution in [0.3, 0.4) is 0 Å². The van der Waals surface area contributed by atoms with E-state index in [1.165, 1.54) is 24.3 Å². The van der Waals surface area contributed by atoms with Gasteiger partial charge in [0.1, 0.15) is 6.04 Å². The summed E-state index contributed by atoms with van der Waals surface area (Å²) in [6.07, 6.45) is -3.24. The lowest BCUT2D eigenvalue weighted by atomic mass is 10.1. The molecule has 1 fully saturated rings. The van der Waals surface area contributed by atoms with Crippen molar-refractivity contribution in [3.05, 3.63) is 64.7 Å². The molecule has 44 heavy (non-hydrogen) atoms. The molecule has 14 nitrogen and oxygen atoms in total. The second-order valence-corrected chi connectivity index (χ2v) is 9.96. The van der Waals surface area contributed by atoms with Crippen LogP contribution in [0.15, 0.2) is 48.5 Å². The number of nitrogens with two attached hydrogens (primary N) is 1. The van der Waals surface area contributed by atoms with E-state index in [0.29, 0.717) is 23.6 Å². The molecule has 1 unspecified atom stereocenters. The van der Waals surface area contributed by atoms with E-state index in [1.54, 1.807) is 12.1 Å². The van der Waals surface area contributed by atoms with Gasteiger partial charge in [0.25, 0.3) is 5.91 Å². The number of carboxylic acid groups (broad SMARTS) is 1. The minimum atomic E-state index is -4.64. The number of alkyl halides is 3. The molecule has 0 aliphatic heterocycles. The van der Waals surface area contributed by atoms with Crippen molar-refractivity contribution in [3.63, 3.8) is 0 Å². The number of benzene rings is 2. The van der Waals surface area contributed by atoms with Crippen LogP contribution in [-0.2, 0) is 19.9 Å². The summed E-state index contributed by atoms with van der Waals surface area (Å²) < 4.78 is 43.2. The van der Waals surface area contributed by atoms with Gasteiger partial charge in [0.2, 0.25) is 11.9 Å². The molecule has 1 atom stereocenters. The molecule has 3 amide bonds. The van der Waals surface area contributed by atoms with Gasteiger partial charge in [0.05, 0.1) is 5.54 Å². The number of aliphatic carboxylic acids is 1. The lowest BCUT2D eigenvalue weighted by Crippen LogP contribution is -2.50. The Kier molecular flexibility index (Phi) is 9.37. The molecule has 4 rings (SSSR count). The van der Waals surface area contributed by atoms with Crippen molar-refractivity contribution in [1.29, 1.82) is 0 Å². The number of rotatable bonds is 12. The highest BCUT2D eigenvalue weighted by Gasteiger charge is 2.45. The summed E-state index contributed by atoms with van der Waals surface area (Å²) in [5.74, 6) is -5.05. The summed E-state index contributed by atoms with van der Waals surface area (Å²) in [6.45, 7) is -2.23. The largest absolute Gasteiger partial charge is 0.480 e. The zero-order chi connectivity index (χ0) is 32.1. The highest BCUT2D eigenvalue weighted by atomic mass is 35.5. The second-order valence-electron chi connectivity index (χ2n) is 9.52. The fourth-order valence-corrected chi connectivity index (χ4v) is 3.96.